The van der Waals surface area contributed by atoms with Crippen molar-refractivity contribution in [1.29, 1.82) is 0 Å². The standard InChI is InChI=1S/C24H23N3O3S/c1-14-12-19(15(2)27(14)18-9-10-18)22(28)26-24(31)25-17-8-11-20-21(13-17)30-23(29-20)16-6-4-3-5-7-16/h3-8,11-13,18,23H,9-10H2,1-2H3,(H2,25,26,28,31). The van der Waals surface area contributed by atoms with Crippen molar-refractivity contribution in [1.82, 2.24) is 9.88 Å². The fourth-order valence-corrected chi connectivity index (χ4v) is 4.22. The van der Waals surface area contributed by atoms with E-state index in [4.69, 9.17) is 21.7 Å². The Morgan fingerprint density at radius 2 is 1.77 bits per heavy atom. The summed E-state index contributed by atoms with van der Waals surface area (Å²) < 4.78 is 14.0. The minimum atomic E-state index is -0.472. The molecular weight excluding hydrogens is 410 g/mol. The van der Waals surface area contributed by atoms with Gasteiger partial charge in [-0.1, -0.05) is 30.3 Å². The zero-order valence-corrected chi connectivity index (χ0v) is 18.2. The molecule has 1 aliphatic carbocycles. The topological polar surface area (TPSA) is 64.5 Å². The van der Waals surface area contributed by atoms with Crippen LogP contribution in [0.1, 0.15) is 52.5 Å². The minimum Gasteiger partial charge on any atom is -0.447 e. The first-order chi connectivity index (χ1) is 15.0. The maximum Gasteiger partial charge on any atom is 0.267 e. The molecule has 2 aromatic carbocycles. The van der Waals surface area contributed by atoms with Gasteiger partial charge in [0.2, 0.25) is 0 Å². The Kier molecular flexibility index (Phi) is 4.90. The van der Waals surface area contributed by atoms with Crippen molar-refractivity contribution in [3.8, 4) is 11.5 Å². The molecule has 2 N–H and O–H groups in total. The van der Waals surface area contributed by atoms with Crippen molar-refractivity contribution in [3.05, 3.63) is 77.1 Å². The third-order valence-electron chi connectivity index (χ3n) is 5.61. The van der Waals surface area contributed by atoms with Crippen LogP contribution in [0.25, 0.3) is 0 Å². The number of hydrogen-bond acceptors (Lipinski definition) is 4. The predicted molar refractivity (Wildman–Crippen MR) is 123 cm³/mol. The molecule has 1 atom stereocenters. The summed E-state index contributed by atoms with van der Waals surface area (Å²) in [4.78, 5) is 12.8. The number of thiocarbonyl (C=S) groups is 1. The summed E-state index contributed by atoms with van der Waals surface area (Å²) in [6.45, 7) is 4.02. The van der Waals surface area contributed by atoms with Crippen LogP contribution >= 0.6 is 12.2 Å². The lowest BCUT2D eigenvalue weighted by Gasteiger charge is -2.11. The number of aromatic nitrogens is 1. The smallest absolute Gasteiger partial charge is 0.267 e. The Balaban J connectivity index is 1.24. The summed E-state index contributed by atoms with van der Waals surface area (Å²) in [5.74, 6) is 1.09. The largest absolute Gasteiger partial charge is 0.447 e. The number of nitrogens with zero attached hydrogens (tertiary/aromatic N) is 1. The molecule has 158 valence electrons. The Morgan fingerprint density at radius 1 is 1.03 bits per heavy atom. The van der Waals surface area contributed by atoms with E-state index in [1.54, 1.807) is 0 Å². The van der Waals surface area contributed by atoms with E-state index < -0.39 is 6.29 Å². The molecule has 2 heterocycles. The fourth-order valence-electron chi connectivity index (χ4n) is 4.01. The second-order valence-corrected chi connectivity index (χ2v) is 8.34. The third kappa shape index (κ3) is 3.88. The highest BCUT2D eigenvalue weighted by atomic mass is 32.1. The molecule has 1 fully saturated rings. The van der Waals surface area contributed by atoms with Gasteiger partial charge in [0, 0.05) is 34.7 Å². The molecule has 0 radical (unpaired) electrons. The Labute approximate surface area is 186 Å². The normalized spacial score (nSPS) is 16.8. The summed E-state index contributed by atoms with van der Waals surface area (Å²) in [5.41, 5.74) is 4.40. The second-order valence-electron chi connectivity index (χ2n) is 7.93. The van der Waals surface area contributed by atoms with E-state index in [0.29, 0.717) is 28.8 Å². The van der Waals surface area contributed by atoms with Crippen molar-refractivity contribution >= 4 is 28.9 Å². The van der Waals surface area contributed by atoms with Crippen LogP contribution in [0.2, 0.25) is 0 Å². The van der Waals surface area contributed by atoms with Gasteiger partial charge in [0.05, 0.1) is 5.56 Å². The summed E-state index contributed by atoms with van der Waals surface area (Å²) in [6.07, 6.45) is 1.87. The average Bonchev–Trinajstić information content (AvgIpc) is 3.41. The van der Waals surface area contributed by atoms with E-state index >= 15 is 0 Å². The monoisotopic (exact) mass is 433 g/mol. The van der Waals surface area contributed by atoms with Crippen LogP contribution < -0.4 is 20.1 Å². The van der Waals surface area contributed by atoms with Gasteiger partial charge in [-0.2, -0.15) is 0 Å². The molecule has 3 aromatic rings. The molecular formula is C24H23N3O3S. The van der Waals surface area contributed by atoms with Crippen molar-refractivity contribution in [2.45, 2.75) is 39.0 Å². The zero-order chi connectivity index (χ0) is 21.5. The molecule has 5 rings (SSSR count). The van der Waals surface area contributed by atoms with Gasteiger partial charge in [0.25, 0.3) is 12.2 Å². The van der Waals surface area contributed by atoms with E-state index in [-0.39, 0.29) is 11.0 Å². The quantitative estimate of drug-likeness (QED) is 0.565. The number of ether oxygens (including phenoxy) is 2. The van der Waals surface area contributed by atoms with Crippen molar-refractivity contribution in [2.75, 3.05) is 5.32 Å². The third-order valence-corrected chi connectivity index (χ3v) is 5.81. The Bertz CT molecular complexity index is 1170. The van der Waals surface area contributed by atoms with Gasteiger partial charge < -0.3 is 19.4 Å². The van der Waals surface area contributed by atoms with E-state index in [1.165, 1.54) is 12.8 Å². The number of anilines is 1. The average molecular weight is 434 g/mol. The number of aryl methyl sites for hydroxylation is 1. The minimum absolute atomic E-state index is 0.206. The van der Waals surface area contributed by atoms with Crippen LogP contribution in [0.4, 0.5) is 5.69 Å². The van der Waals surface area contributed by atoms with Crippen molar-refractivity contribution in [2.24, 2.45) is 0 Å². The maximum absolute atomic E-state index is 12.8. The van der Waals surface area contributed by atoms with Crippen molar-refractivity contribution < 1.29 is 14.3 Å². The molecule has 0 bridgehead atoms. The van der Waals surface area contributed by atoms with E-state index in [2.05, 4.69) is 15.2 Å². The number of amides is 1. The van der Waals surface area contributed by atoms with E-state index in [0.717, 1.165) is 17.0 Å². The van der Waals surface area contributed by atoms with E-state index in [9.17, 15) is 4.79 Å². The van der Waals surface area contributed by atoms with Gasteiger partial charge in [-0.05, 0) is 57.1 Å². The highest BCUT2D eigenvalue weighted by Gasteiger charge is 2.29. The van der Waals surface area contributed by atoms with E-state index in [1.807, 2.05) is 68.4 Å². The lowest BCUT2D eigenvalue weighted by molar-refractivity contribution is 0.0487. The first-order valence-corrected chi connectivity index (χ1v) is 10.7. The first-order valence-electron chi connectivity index (χ1n) is 10.3. The summed E-state index contributed by atoms with van der Waals surface area (Å²) in [6, 6.07) is 17.7. The summed E-state index contributed by atoms with van der Waals surface area (Å²) >= 11 is 5.36. The lowest BCUT2D eigenvalue weighted by atomic mass is 10.2. The number of hydrogen-bond donors (Lipinski definition) is 2. The van der Waals surface area contributed by atoms with Gasteiger partial charge in [0.1, 0.15) is 0 Å². The Morgan fingerprint density at radius 3 is 2.52 bits per heavy atom. The van der Waals surface area contributed by atoms with Crippen LogP contribution in [0.5, 0.6) is 11.5 Å². The molecule has 1 unspecified atom stereocenters. The number of nitrogens with one attached hydrogen (secondary N) is 2. The fraction of sp³-hybridized carbons (Fsp3) is 0.250. The van der Waals surface area contributed by atoms with Gasteiger partial charge in [-0.15, -0.1) is 0 Å². The molecule has 1 amide bonds. The SMILES string of the molecule is Cc1cc(C(=O)NC(=S)Nc2ccc3c(c2)OC(c2ccccc2)O3)c(C)n1C1CC1. The molecule has 2 aliphatic rings. The molecule has 0 saturated heterocycles. The van der Waals surface area contributed by atoms with Gasteiger partial charge >= 0.3 is 0 Å². The molecule has 0 spiro atoms. The number of fused-ring (bicyclic) bond motifs is 1. The highest BCUT2D eigenvalue weighted by molar-refractivity contribution is 7.80. The lowest BCUT2D eigenvalue weighted by Crippen LogP contribution is -2.34. The highest BCUT2D eigenvalue weighted by Crippen LogP contribution is 2.42. The van der Waals surface area contributed by atoms with Gasteiger partial charge in [0.15, 0.2) is 16.6 Å². The van der Waals surface area contributed by atoms with Crippen LogP contribution in [0.3, 0.4) is 0 Å². The molecule has 31 heavy (non-hydrogen) atoms. The van der Waals surface area contributed by atoms with Crippen LogP contribution in [0, 0.1) is 13.8 Å². The number of rotatable bonds is 4. The van der Waals surface area contributed by atoms with Gasteiger partial charge in [-0.25, -0.2) is 0 Å². The van der Waals surface area contributed by atoms with Crippen LogP contribution in [-0.2, 0) is 0 Å². The first kappa shape index (κ1) is 19.6. The van der Waals surface area contributed by atoms with Crippen LogP contribution in [-0.4, -0.2) is 15.6 Å². The van der Waals surface area contributed by atoms with Crippen LogP contribution in [0.15, 0.2) is 54.6 Å². The molecule has 6 nitrogen and oxygen atoms in total. The number of carbonyl (C=O) groups excluding carboxylic acids is 1. The maximum atomic E-state index is 12.8. The summed E-state index contributed by atoms with van der Waals surface area (Å²) in [7, 11) is 0. The number of benzene rings is 2. The Hall–Kier alpha value is -3.32. The molecule has 1 aromatic heterocycles. The predicted octanol–water partition coefficient (Wildman–Crippen LogP) is 5.04. The molecule has 1 saturated carbocycles. The van der Waals surface area contributed by atoms with Gasteiger partial charge in [-0.3, -0.25) is 10.1 Å². The van der Waals surface area contributed by atoms with Crippen molar-refractivity contribution in [3.63, 3.8) is 0 Å². The number of carbonyl (C=O) groups is 1. The summed E-state index contributed by atoms with van der Waals surface area (Å²) in [5, 5.41) is 6.08. The molecule has 1 aliphatic heterocycles. The second kappa shape index (κ2) is 7.74. The zero-order valence-electron chi connectivity index (χ0n) is 17.3. The molecule has 7 heteroatoms.